The summed E-state index contributed by atoms with van der Waals surface area (Å²) in [5.41, 5.74) is 11.0. The van der Waals surface area contributed by atoms with E-state index in [-0.39, 0.29) is 0 Å². The number of methoxy groups -OCH3 is 2. The fourth-order valence-electron chi connectivity index (χ4n) is 3.60. The average molecular weight is 443 g/mol. The summed E-state index contributed by atoms with van der Waals surface area (Å²) in [6.07, 6.45) is 0. The van der Waals surface area contributed by atoms with E-state index < -0.39 is 5.91 Å². The number of amides is 1. The zero-order chi connectivity index (χ0) is 20.4. The van der Waals surface area contributed by atoms with Crippen molar-refractivity contribution in [1.29, 1.82) is 0 Å². The number of benzene rings is 2. The summed E-state index contributed by atoms with van der Waals surface area (Å²) in [5, 5.41) is 0. The summed E-state index contributed by atoms with van der Waals surface area (Å²) < 4.78 is 13.9. The number of rotatable bonds is 6. The molecule has 0 aliphatic carbocycles. The standard InChI is InChI=1S/C22H23BrN2O3/c1-13-20(22(24)26)14(2)25(21(13)16-6-8-17(23)9-7-16)12-15-5-10-18(27-3)19(11-15)28-4/h5-11H,12H2,1-4H3,(H2,24,26). The predicted molar refractivity (Wildman–Crippen MR) is 114 cm³/mol. The molecular formula is C22H23BrN2O3. The van der Waals surface area contributed by atoms with Crippen LogP contribution >= 0.6 is 15.9 Å². The van der Waals surface area contributed by atoms with Gasteiger partial charge in [-0.2, -0.15) is 0 Å². The largest absolute Gasteiger partial charge is 0.493 e. The van der Waals surface area contributed by atoms with Crippen LogP contribution in [0.4, 0.5) is 0 Å². The molecule has 1 aromatic heterocycles. The van der Waals surface area contributed by atoms with Gasteiger partial charge in [0, 0.05) is 16.7 Å². The number of nitrogens with zero attached hydrogens (tertiary/aromatic N) is 1. The molecule has 0 unspecified atom stereocenters. The van der Waals surface area contributed by atoms with Gasteiger partial charge in [-0.3, -0.25) is 4.79 Å². The van der Waals surface area contributed by atoms with Crippen molar-refractivity contribution in [2.24, 2.45) is 5.73 Å². The van der Waals surface area contributed by atoms with E-state index in [0.717, 1.165) is 32.6 Å². The minimum atomic E-state index is -0.417. The van der Waals surface area contributed by atoms with Crippen LogP contribution in [-0.2, 0) is 6.54 Å². The molecule has 6 heteroatoms. The summed E-state index contributed by atoms with van der Waals surface area (Å²) in [6.45, 7) is 4.44. The van der Waals surface area contributed by atoms with Crippen LogP contribution in [0.3, 0.4) is 0 Å². The second kappa shape index (κ2) is 8.10. The highest BCUT2D eigenvalue weighted by atomic mass is 79.9. The lowest BCUT2D eigenvalue weighted by atomic mass is 10.0. The van der Waals surface area contributed by atoms with E-state index in [2.05, 4.69) is 20.5 Å². The monoisotopic (exact) mass is 442 g/mol. The van der Waals surface area contributed by atoms with Crippen molar-refractivity contribution in [3.05, 3.63) is 69.3 Å². The number of hydrogen-bond acceptors (Lipinski definition) is 3. The molecule has 0 atom stereocenters. The molecule has 28 heavy (non-hydrogen) atoms. The fourth-order valence-corrected chi connectivity index (χ4v) is 3.86. The molecule has 0 spiro atoms. The molecule has 0 saturated carbocycles. The molecule has 0 saturated heterocycles. The quantitative estimate of drug-likeness (QED) is 0.601. The Kier molecular flexibility index (Phi) is 5.79. The summed E-state index contributed by atoms with van der Waals surface area (Å²) in [6, 6.07) is 13.9. The van der Waals surface area contributed by atoms with E-state index in [4.69, 9.17) is 15.2 Å². The lowest BCUT2D eigenvalue weighted by Gasteiger charge is -2.15. The first-order valence-electron chi connectivity index (χ1n) is 8.83. The highest BCUT2D eigenvalue weighted by Crippen LogP contribution is 2.34. The third kappa shape index (κ3) is 3.64. The first-order valence-corrected chi connectivity index (χ1v) is 9.63. The molecule has 0 aliphatic heterocycles. The van der Waals surface area contributed by atoms with E-state index in [0.29, 0.717) is 23.6 Å². The maximum Gasteiger partial charge on any atom is 0.250 e. The zero-order valence-corrected chi connectivity index (χ0v) is 18.0. The summed E-state index contributed by atoms with van der Waals surface area (Å²) in [4.78, 5) is 12.1. The van der Waals surface area contributed by atoms with Crippen LogP contribution in [-0.4, -0.2) is 24.7 Å². The second-order valence-electron chi connectivity index (χ2n) is 6.58. The zero-order valence-electron chi connectivity index (χ0n) is 16.4. The number of aromatic nitrogens is 1. The number of nitrogens with two attached hydrogens (primary N) is 1. The van der Waals surface area contributed by atoms with E-state index in [1.807, 2.05) is 56.3 Å². The molecule has 3 aromatic rings. The first kappa shape index (κ1) is 20.0. The highest BCUT2D eigenvalue weighted by Gasteiger charge is 2.22. The van der Waals surface area contributed by atoms with Crippen molar-refractivity contribution in [3.8, 4) is 22.8 Å². The second-order valence-corrected chi connectivity index (χ2v) is 7.50. The van der Waals surface area contributed by atoms with Crippen LogP contribution < -0.4 is 15.2 Å². The third-order valence-corrected chi connectivity index (χ3v) is 5.45. The van der Waals surface area contributed by atoms with Crippen molar-refractivity contribution in [2.75, 3.05) is 14.2 Å². The van der Waals surface area contributed by atoms with Crippen molar-refractivity contribution >= 4 is 21.8 Å². The van der Waals surface area contributed by atoms with Crippen molar-refractivity contribution in [2.45, 2.75) is 20.4 Å². The Bertz CT molecular complexity index is 1020. The van der Waals surface area contributed by atoms with Crippen LogP contribution in [0.5, 0.6) is 11.5 Å². The molecule has 0 fully saturated rings. The molecule has 2 N–H and O–H groups in total. The van der Waals surface area contributed by atoms with Gasteiger partial charge in [0.15, 0.2) is 11.5 Å². The maximum absolute atomic E-state index is 12.1. The van der Waals surface area contributed by atoms with E-state index >= 15 is 0 Å². The minimum absolute atomic E-state index is 0.417. The Labute approximate surface area is 173 Å². The Morgan fingerprint density at radius 3 is 2.25 bits per heavy atom. The Hall–Kier alpha value is -2.73. The van der Waals surface area contributed by atoms with Crippen molar-refractivity contribution in [3.63, 3.8) is 0 Å². The average Bonchev–Trinajstić information content (AvgIpc) is 2.92. The predicted octanol–water partition coefficient (Wildman–Crippen LogP) is 4.70. The highest BCUT2D eigenvalue weighted by molar-refractivity contribution is 9.10. The van der Waals surface area contributed by atoms with Crippen LogP contribution in [0, 0.1) is 13.8 Å². The number of carbonyl (C=O) groups is 1. The van der Waals surface area contributed by atoms with Gasteiger partial charge in [0.05, 0.1) is 25.5 Å². The molecule has 0 aliphatic rings. The SMILES string of the molecule is COc1ccc(Cn2c(C)c(C(N)=O)c(C)c2-c2ccc(Br)cc2)cc1OC. The topological polar surface area (TPSA) is 66.5 Å². The van der Waals surface area contributed by atoms with Gasteiger partial charge < -0.3 is 19.8 Å². The smallest absolute Gasteiger partial charge is 0.250 e. The minimum Gasteiger partial charge on any atom is -0.493 e. The number of primary amides is 1. The molecule has 3 rings (SSSR count). The number of halogens is 1. The van der Waals surface area contributed by atoms with E-state index in [1.165, 1.54) is 0 Å². The summed E-state index contributed by atoms with van der Waals surface area (Å²) in [5.74, 6) is 0.930. The molecule has 146 valence electrons. The van der Waals surface area contributed by atoms with Gasteiger partial charge >= 0.3 is 0 Å². The van der Waals surface area contributed by atoms with Crippen LogP contribution in [0.2, 0.25) is 0 Å². The fraction of sp³-hybridized carbons (Fsp3) is 0.227. The first-order chi connectivity index (χ1) is 13.4. The Morgan fingerprint density at radius 2 is 1.68 bits per heavy atom. The molecule has 0 bridgehead atoms. The van der Waals surface area contributed by atoms with Gasteiger partial charge in [-0.1, -0.05) is 34.1 Å². The van der Waals surface area contributed by atoms with Crippen LogP contribution in [0.1, 0.15) is 27.2 Å². The summed E-state index contributed by atoms with van der Waals surface area (Å²) >= 11 is 3.47. The number of ether oxygens (including phenoxy) is 2. The normalized spacial score (nSPS) is 10.8. The Balaban J connectivity index is 2.16. The van der Waals surface area contributed by atoms with Gasteiger partial charge in [0.1, 0.15) is 0 Å². The Morgan fingerprint density at radius 1 is 1.04 bits per heavy atom. The lowest BCUT2D eigenvalue weighted by molar-refractivity contribution is 0.0999. The van der Waals surface area contributed by atoms with Gasteiger partial charge in [0.25, 0.3) is 5.91 Å². The van der Waals surface area contributed by atoms with Gasteiger partial charge in [0.2, 0.25) is 0 Å². The van der Waals surface area contributed by atoms with Gasteiger partial charge in [-0.15, -0.1) is 0 Å². The molecule has 1 heterocycles. The number of carbonyl (C=O) groups excluding carboxylic acids is 1. The molecule has 2 aromatic carbocycles. The molecule has 5 nitrogen and oxygen atoms in total. The third-order valence-electron chi connectivity index (χ3n) is 4.92. The van der Waals surface area contributed by atoms with Gasteiger partial charge in [-0.05, 0) is 54.8 Å². The van der Waals surface area contributed by atoms with Crippen LogP contribution in [0.25, 0.3) is 11.3 Å². The number of hydrogen-bond donors (Lipinski definition) is 1. The van der Waals surface area contributed by atoms with E-state index in [1.54, 1.807) is 14.2 Å². The lowest BCUT2D eigenvalue weighted by Crippen LogP contribution is -2.13. The maximum atomic E-state index is 12.1. The molecule has 1 amide bonds. The van der Waals surface area contributed by atoms with Crippen molar-refractivity contribution in [1.82, 2.24) is 4.57 Å². The van der Waals surface area contributed by atoms with Crippen LogP contribution in [0.15, 0.2) is 46.9 Å². The van der Waals surface area contributed by atoms with Crippen molar-refractivity contribution < 1.29 is 14.3 Å². The van der Waals surface area contributed by atoms with Gasteiger partial charge in [-0.25, -0.2) is 0 Å². The van der Waals surface area contributed by atoms with E-state index in [9.17, 15) is 4.79 Å². The molecular weight excluding hydrogens is 420 g/mol. The molecule has 0 radical (unpaired) electrons. The summed E-state index contributed by atoms with van der Waals surface area (Å²) in [7, 11) is 3.23.